The minimum atomic E-state index is -3.17. The molecule has 2 aliphatic rings. The van der Waals surface area contributed by atoms with Gasteiger partial charge in [-0.3, -0.25) is 4.79 Å². The van der Waals surface area contributed by atoms with Gasteiger partial charge in [-0.1, -0.05) is 19.3 Å². The summed E-state index contributed by atoms with van der Waals surface area (Å²) in [6.45, 7) is 1.78. The number of carbonyl (C=O) groups is 1. The molecule has 1 aliphatic carbocycles. The minimum absolute atomic E-state index is 0.0116. The second kappa shape index (κ2) is 8.63. The first-order chi connectivity index (χ1) is 11.4. The maximum absolute atomic E-state index is 12.9. The molecule has 1 amide bonds. The molecule has 0 aromatic rings. The first-order valence-electron chi connectivity index (χ1n) is 9.29. The summed E-state index contributed by atoms with van der Waals surface area (Å²) in [5.41, 5.74) is 6.02. The molecule has 7 heteroatoms. The van der Waals surface area contributed by atoms with Gasteiger partial charge >= 0.3 is 0 Å². The lowest BCUT2D eigenvalue weighted by Crippen LogP contribution is -2.48. The van der Waals surface area contributed by atoms with E-state index in [1.165, 1.54) is 25.5 Å². The third-order valence-electron chi connectivity index (χ3n) is 5.66. The number of amides is 1. The van der Waals surface area contributed by atoms with Crippen molar-refractivity contribution >= 4 is 15.9 Å². The van der Waals surface area contributed by atoms with Crippen LogP contribution in [0.2, 0.25) is 0 Å². The number of rotatable bonds is 7. The Morgan fingerprint density at radius 3 is 2.54 bits per heavy atom. The van der Waals surface area contributed by atoms with Crippen molar-refractivity contribution in [3.63, 3.8) is 0 Å². The molecule has 1 saturated heterocycles. The molecule has 0 radical (unpaired) electrons. The molecule has 0 spiro atoms. The van der Waals surface area contributed by atoms with Gasteiger partial charge in [0.1, 0.15) is 0 Å². The van der Waals surface area contributed by atoms with E-state index in [0.717, 1.165) is 38.6 Å². The van der Waals surface area contributed by atoms with Crippen LogP contribution in [0.4, 0.5) is 0 Å². The maximum atomic E-state index is 12.9. The number of nitrogens with two attached hydrogens (primary N) is 1. The van der Waals surface area contributed by atoms with E-state index in [4.69, 9.17) is 5.73 Å². The summed E-state index contributed by atoms with van der Waals surface area (Å²) in [6, 6.07) is 0.152. The predicted molar refractivity (Wildman–Crippen MR) is 96.0 cm³/mol. The van der Waals surface area contributed by atoms with Crippen LogP contribution in [0.5, 0.6) is 0 Å². The van der Waals surface area contributed by atoms with Crippen LogP contribution in [-0.4, -0.2) is 51.2 Å². The van der Waals surface area contributed by atoms with Crippen molar-refractivity contribution in [1.82, 2.24) is 9.62 Å². The fourth-order valence-corrected chi connectivity index (χ4v) is 4.71. The third kappa shape index (κ3) is 5.70. The highest BCUT2D eigenvalue weighted by Crippen LogP contribution is 2.39. The average molecular weight is 360 g/mol. The molecular weight excluding hydrogens is 326 g/mol. The Balaban J connectivity index is 1.94. The summed E-state index contributed by atoms with van der Waals surface area (Å²) in [6.07, 6.45) is 11.2. The largest absolute Gasteiger partial charge is 0.340 e. The zero-order chi connectivity index (χ0) is 17.6. The van der Waals surface area contributed by atoms with E-state index in [1.807, 2.05) is 4.90 Å². The first-order valence-corrected chi connectivity index (χ1v) is 11.2. The molecular formula is C17H33N3O3S. The Morgan fingerprint density at radius 2 is 1.92 bits per heavy atom. The fourth-order valence-electron chi connectivity index (χ4n) is 4.22. The highest BCUT2D eigenvalue weighted by Gasteiger charge is 2.36. The average Bonchev–Trinajstić information content (AvgIpc) is 2.55. The predicted octanol–water partition coefficient (Wildman–Crippen LogP) is 1.61. The zero-order valence-corrected chi connectivity index (χ0v) is 15.7. The standard InChI is InChI=1S/C17H33N3O3S/c1-24(22,23)19-11-8-15-7-3-6-12-20(15)16(21)13-17(14-18)9-4-2-5-10-17/h15,19H,2-14,18H2,1H3. The van der Waals surface area contributed by atoms with E-state index >= 15 is 0 Å². The maximum Gasteiger partial charge on any atom is 0.223 e. The van der Waals surface area contributed by atoms with Gasteiger partial charge < -0.3 is 10.6 Å². The molecule has 2 fully saturated rings. The highest BCUT2D eigenvalue weighted by molar-refractivity contribution is 7.88. The molecule has 0 aromatic carbocycles. The van der Waals surface area contributed by atoms with Crippen molar-refractivity contribution in [3.05, 3.63) is 0 Å². The van der Waals surface area contributed by atoms with Crippen molar-refractivity contribution in [1.29, 1.82) is 0 Å². The molecule has 2 rings (SSSR count). The number of nitrogens with zero attached hydrogens (tertiary/aromatic N) is 1. The second-order valence-electron chi connectivity index (χ2n) is 7.63. The van der Waals surface area contributed by atoms with Crippen LogP contribution < -0.4 is 10.5 Å². The summed E-state index contributed by atoms with van der Waals surface area (Å²) >= 11 is 0. The van der Waals surface area contributed by atoms with Gasteiger partial charge in [0, 0.05) is 25.6 Å². The van der Waals surface area contributed by atoms with Crippen molar-refractivity contribution < 1.29 is 13.2 Å². The van der Waals surface area contributed by atoms with Gasteiger partial charge in [-0.2, -0.15) is 0 Å². The molecule has 0 aromatic heterocycles. The van der Waals surface area contributed by atoms with E-state index in [-0.39, 0.29) is 17.4 Å². The Kier molecular flexibility index (Phi) is 7.07. The van der Waals surface area contributed by atoms with E-state index in [1.54, 1.807) is 0 Å². The summed E-state index contributed by atoms with van der Waals surface area (Å²) < 4.78 is 25.0. The van der Waals surface area contributed by atoms with Crippen LogP contribution >= 0.6 is 0 Å². The Labute approximate surface area is 146 Å². The molecule has 6 nitrogen and oxygen atoms in total. The molecule has 24 heavy (non-hydrogen) atoms. The van der Waals surface area contributed by atoms with Crippen molar-refractivity contribution in [2.75, 3.05) is 25.9 Å². The number of carbonyl (C=O) groups excluding carboxylic acids is 1. The number of hydrogen-bond acceptors (Lipinski definition) is 4. The van der Waals surface area contributed by atoms with Crippen LogP contribution in [0.25, 0.3) is 0 Å². The van der Waals surface area contributed by atoms with Crippen LogP contribution in [0.1, 0.15) is 64.2 Å². The third-order valence-corrected chi connectivity index (χ3v) is 6.39. The summed E-state index contributed by atoms with van der Waals surface area (Å²) in [5, 5.41) is 0. The van der Waals surface area contributed by atoms with Crippen LogP contribution in [-0.2, 0) is 14.8 Å². The smallest absolute Gasteiger partial charge is 0.223 e. The molecule has 1 atom stereocenters. The number of sulfonamides is 1. The van der Waals surface area contributed by atoms with Crippen LogP contribution in [0, 0.1) is 5.41 Å². The first kappa shape index (κ1) is 19.7. The van der Waals surface area contributed by atoms with Gasteiger partial charge in [-0.05, 0) is 50.5 Å². The van der Waals surface area contributed by atoms with Gasteiger partial charge in [0.2, 0.25) is 15.9 Å². The van der Waals surface area contributed by atoms with Gasteiger partial charge in [-0.25, -0.2) is 13.1 Å². The Morgan fingerprint density at radius 1 is 1.21 bits per heavy atom. The molecule has 0 bridgehead atoms. The van der Waals surface area contributed by atoms with Gasteiger partial charge in [0.05, 0.1) is 6.26 Å². The topological polar surface area (TPSA) is 92.5 Å². The highest BCUT2D eigenvalue weighted by atomic mass is 32.2. The monoisotopic (exact) mass is 359 g/mol. The fraction of sp³-hybridized carbons (Fsp3) is 0.941. The normalized spacial score (nSPS) is 24.8. The lowest BCUT2D eigenvalue weighted by atomic mass is 9.71. The van der Waals surface area contributed by atoms with E-state index in [9.17, 15) is 13.2 Å². The molecule has 140 valence electrons. The summed E-state index contributed by atoms with van der Waals surface area (Å²) in [7, 11) is -3.17. The minimum Gasteiger partial charge on any atom is -0.340 e. The summed E-state index contributed by atoms with van der Waals surface area (Å²) in [5.74, 6) is 0.214. The van der Waals surface area contributed by atoms with Gasteiger partial charge in [0.15, 0.2) is 0 Å². The van der Waals surface area contributed by atoms with Crippen LogP contribution in [0.3, 0.4) is 0 Å². The van der Waals surface area contributed by atoms with Gasteiger partial charge in [0.25, 0.3) is 0 Å². The number of hydrogen-bond donors (Lipinski definition) is 2. The quantitative estimate of drug-likeness (QED) is 0.722. The van der Waals surface area contributed by atoms with Crippen molar-refractivity contribution in [3.8, 4) is 0 Å². The molecule has 1 unspecified atom stereocenters. The lowest BCUT2D eigenvalue weighted by Gasteiger charge is -2.41. The number of nitrogens with one attached hydrogen (secondary N) is 1. The molecule has 1 heterocycles. The van der Waals surface area contributed by atoms with Gasteiger partial charge in [-0.15, -0.1) is 0 Å². The van der Waals surface area contributed by atoms with Crippen molar-refractivity contribution in [2.45, 2.75) is 70.3 Å². The number of likely N-dealkylation sites (tertiary alicyclic amines) is 1. The SMILES string of the molecule is CS(=O)(=O)NCCC1CCCCN1C(=O)CC1(CN)CCCCC1. The van der Waals surface area contributed by atoms with Crippen molar-refractivity contribution in [2.24, 2.45) is 11.1 Å². The van der Waals surface area contributed by atoms with E-state index < -0.39 is 10.0 Å². The lowest BCUT2D eigenvalue weighted by molar-refractivity contribution is -0.138. The summed E-state index contributed by atoms with van der Waals surface area (Å²) in [4.78, 5) is 14.9. The second-order valence-corrected chi connectivity index (χ2v) is 9.47. The number of piperidine rings is 1. The van der Waals surface area contributed by atoms with Crippen LogP contribution in [0.15, 0.2) is 0 Å². The van der Waals surface area contributed by atoms with E-state index in [2.05, 4.69) is 4.72 Å². The molecule has 3 N–H and O–H groups in total. The zero-order valence-electron chi connectivity index (χ0n) is 14.9. The van der Waals surface area contributed by atoms with E-state index in [0.29, 0.717) is 25.9 Å². The Hall–Kier alpha value is -0.660. The Bertz CT molecular complexity index is 515. The molecule has 1 aliphatic heterocycles. The molecule has 1 saturated carbocycles.